The molecular formula is C16H26N4O2. The van der Waals surface area contributed by atoms with Crippen LogP contribution in [0.25, 0.3) is 0 Å². The fraction of sp³-hybridized carbons (Fsp3) is 0.750. The number of anilines is 1. The van der Waals surface area contributed by atoms with Gasteiger partial charge in [0, 0.05) is 25.7 Å². The van der Waals surface area contributed by atoms with Crippen molar-refractivity contribution >= 4 is 11.7 Å². The number of amides is 1. The molecule has 22 heavy (non-hydrogen) atoms. The molecule has 0 bridgehead atoms. The first kappa shape index (κ1) is 15.5. The van der Waals surface area contributed by atoms with Crippen molar-refractivity contribution in [1.82, 2.24) is 14.7 Å². The van der Waals surface area contributed by atoms with E-state index in [1.54, 1.807) is 6.20 Å². The number of rotatable bonds is 4. The zero-order valence-corrected chi connectivity index (χ0v) is 13.3. The van der Waals surface area contributed by atoms with Crippen LogP contribution in [0.3, 0.4) is 0 Å². The molecule has 1 unspecified atom stereocenters. The summed E-state index contributed by atoms with van der Waals surface area (Å²) >= 11 is 0. The van der Waals surface area contributed by atoms with Crippen molar-refractivity contribution in [3.63, 3.8) is 0 Å². The van der Waals surface area contributed by atoms with E-state index < -0.39 is 0 Å². The molecule has 0 aliphatic carbocycles. The van der Waals surface area contributed by atoms with Crippen molar-refractivity contribution in [3.8, 4) is 0 Å². The molecule has 2 aliphatic heterocycles. The molecule has 1 aromatic rings. The minimum absolute atomic E-state index is 0.0742. The average molecular weight is 306 g/mol. The Balaban J connectivity index is 1.56. The summed E-state index contributed by atoms with van der Waals surface area (Å²) in [7, 11) is 2.15. The Morgan fingerprint density at radius 3 is 2.95 bits per heavy atom. The second kappa shape index (κ2) is 7.24. The van der Waals surface area contributed by atoms with Gasteiger partial charge in [-0.1, -0.05) is 0 Å². The molecule has 0 spiro atoms. The van der Waals surface area contributed by atoms with Crippen molar-refractivity contribution in [3.05, 3.63) is 12.3 Å². The van der Waals surface area contributed by atoms with E-state index in [0.29, 0.717) is 25.0 Å². The number of likely N-dealkylation sites (tertiary alicyclic amines) is 1. The summed E-state index contributed by atoms with van der Waals surface area (Å²) in [5, 5.41) is 7.46. The van der Waals surface area contributed by atoms with E-state index in [1.807, 2.05) is 10.7 Å². The normalized spacial score (nSPS) is 24.3. The number of nitrogens with zero attached hydrogens (tertiary/aromatic N) is 3. The number of ether oxygens (including phenoxy) is 1. The number of aromatic nitrogens is 2. The number of nitrogens with one attached hydrogen (secondary N) is 1. The predicted octanol–water partition coefficient (Wildman–Crippen LogP) is 1.90. The Hall–Kier alpha value is -1.40. The first-order valence-corrected chi connectivity index (χ1v) is 8.32. The number of hydrogen-bond acceptors (Lipinski definition) is 4. The maximum atomic E-state index is 12.2. The van der Waals surface area contributed by atoms with E-state index in [2.05, 4.69) is 22.4 Å². The monoisotopic (exact) mass is 306 g/mol. The van der Waals surface area contributed by atoms with Crippen molar-refractivity contribution < 1.29 is 9.53 Å². The number of carbonyl (C=O) groups is 1. The molecule has 6 heteroatoms. The van der Waals surface area contributed by atoms with Crippen LogP contribution in [0.15, 0.2) is 12.3 Å². The van der Waals surface area contributed by atoms with Gasteiger partial charge in [-0.2, -0.15) is 5.10 Å². The van der Waals surface area contributed by atoms with Gasteiger partial charge in [-0.3, -0.25) is 4.79 Å². The summed E-state index contributed by atoms with van der Waals surface area (Å²) in [6.45, 7) is 3.71. The highest BCUT2D eigenvalue weighted by molar-refractivity contribution is 5.90. The Bertz CT molecular complexity index is 488. The zero-order valence-electron chi connectivity index (χ0n) is 13.3. The lowest BCUT2D eigenvalue weighted by molar-refractivity contribution is -0.118. The third kappa shape index (κ3) is 3.87. The predicted molar refractivity (Wildman–Crippen MR) is 84.8 cm³/mol. The van der Waals surface area contributed by atoms with Gasteiger partial charge in [-0.25, -0.2) is 4.68 Å². The standard InChI is InChI=1S/C16H26N4O2/c1-19-8-5-14(6-9-19)20-15(4-7-17-20)18-16(21)11-13-3-2-10-22-12-13/h4,7,13-14H,2-3,5-6,8-12H2,1H3,(H,18,21). The van der Waals surface area contributed by atoms with E-state index in [9.17, 15) is 4.79 Å². The molecule has 6 nitrogen and oxygen atoms in total. The maximum Gasteiger partial charge on any atom is 0.225 e. The van der Waals surface area contributed by atoms with Crippen LogP contribution in [0.4, 0.5) is 5.82 Å². The number of piperidine rings is 1. The Morgan fingerprint density at radius 2 is 2.23 bits per heavy atom. The third-order valence-electron chi connectivity index (χ3n) is 4.70. The lowest BCUT2D eigenvalue weighted by Crippen LogP contribution is -2.32. The minimum atomic E-state index is 0.0742. The largest absolute Gasteiger partial charge is 0.381 e. The van der Waals surface area contributed by atoms with E-state index >= 15 is 0 Å². The molecule has 0 aromatic carbocycles. The van der Waals surface area contributed by atoms with E-state index in [4.69, 9.17) is 4.74 Å². The lowest BCUT2D eigenvalue weighted by atomic mass is 9.98. The highest BCUT2D eigenvalue weighted by atomic mass is 16.5. The summed E-state index contributed by atoms with van der Waals surface area (Å²) in [4.78, 5) is 14.6. The van der Waals surface area contributed by atoms with Gasteiger partial charge in [0.25, 0.3) is 0 Å². The summed E-state index contributed by atoms with van der Waals surface area (Å²) in [6, 6.07) is 2.28. The van der Waals surface area contributed by atoms with Crippen molar-refractivity contribution in [2.75, 3.05) is 38.7 Å². The molecule has 1 N–H and O–H groups in total. The van der Waals surface area contributed by atoms with Crippen LogP contribution in [0.2, 0.25) is 0 Å². The van der Waals surface area contributed by atoms with Crippen LogP contribution < -0.4 is 5.32 Å². The quantitative estimate of drug-likeness (QED) is 0.923. The second-order valence-electron chi connectivity index (χ2n) is 6.53. The first-order valence-electron chi connectivity index (χ1n) is 8.32. The van der Waals surface area contributed by atoms with Gasteiger partial charge in [-0.15, -0.1) is 0 Å². The second-order valence-corrected chi connectivity index (χ2v) is 6.53. The molecule has 0 radical (unpaired) electrons. The van der Waals surface area contributed by atoms with Gasteiger partial charge in [0.1, 0.15) is 5.82 Å². The van der Waals surface area contributed by atoms with Crippen LogP contribution in [0, 0.1) is 5.92 Å². The van der Waals surface area contributed by atoms with E-state index in [0.717, 1.165) is 51.2 Å². The minimum Gasteiger partial charge on any atom is -0.381 e. The topological polar surface area (TPSA) is 59.4 Å². The third-order valence-corrected chi connectivity index (χ3v) is 4.70. The number of carbonyl (C=O) groups excluding carboxylic acids is 1. The van der Waals surface area contributed by atoms with Gasteiger partial charge >= 0.3 is 0 Å². The first-order chi connectivity index (χ1) is 10.7. The highest BCUT2D eigenvalue weighted by Gasteiger charge is 2.22. The Morgan fingerprint density at radius 1 is 1.41 bits per heavy atom. The van der Waals surface area contributed by atoms with Crippen molar-refractivity contribution in [1.29, 1.82) is 0 Å². The highest BCUT2D eigenvalue weighted by Crippen LogP contribution is 2.25. The van der Waals surface area contributed by atoms with Crippen molar-refractivity contribution in [2.45, 2.75) is 38.1 Å². The molecule has 1 amide bonds. The van der Waals surface area contributed by atoms with Gasteiger partial charge < -0.3 is 15.0 Å². The molecule has 2 saturated heterocycles. The molecule has 0 saturated carbocycles. The van der Waals surface area contributed by atoms with Gasteiger partial charge in [0.05, 0.1) is 12.2 Å². The lowest BCUT2D eigenvalue weighted by Gasteiger charge is -2.30. The summed E-state index contributed by atoms with van der Waals surface area (Å²) in [5.74, 6) is 1.26. The molecule has 1 aromatic heterocycles. The summed E-state index contributed by atoms with van der Waals surface area (Å²) in [6.07, 6.45) is 6.62. The van der Waals surface area contributed by atoms with Gasteiger partial charge in [0.2, 0.25) is 5.91 Å². The molecular weight excluding hydrogens is 280 g/mol. The average Bonchev–Trinajstić information content (AvgIpc) is 2.97. The molecule has 3 heterocycles. The number of hydrogen-bond donors (Lipinski definition) is 1. The van der Waals surface area contributed by atoms with Crippen LogP contribution in [0.5, 0.6) is 0 Å². The summed E-state index contributed by atoms with van der Waals surface area (Å²) in [5.41, 5.74) is 0. The zero-order chi connectivity index (χ0) is 15.4. The van der Waals surface area contributed by atoms with Gasteiger partial charge in [0.15, 0.2) is 0 Å². The molecule has 2 fully saturated rings. The SMILES string of the molecule is CN1CCC(n2nccc2NC(=O)CC2CCCOC2)CC1. The van der Waals surface area contributed by atoms with Gasteiger partial charge in [-0.05, 0) is 51.7 Å². The maximum absolute atomic E-state index is 12.2. The van der Waals surface area contributed by atoms with E-state index in [1.165, 1.54) is 0 Å². The van der Waals surface area contributed by atoms with E-state index in [-0.39, 0.29) is 5.91 Å². The fourth-order valence-corrected chi connectivity index (χ4v) is 3.37. The van der Waals surface area contributed by atoms with Crippen LogP contribution >= 0.6 is 0 Å². The molecule has 3 rings (SSSR count). The molecule has 1 atom stereocenters. The Kier molecular flexibility index (Phi) is 5.10. The summed E-state index contributed by atoms with van der Waals surface area (Å²) < 4.78 is 7.43. The van der Waals surface area contributed by atoms with Crippen LogP contribution in [0.1, 0.15) is 38.1 Å². The van der Waals surface area contributed by atoms with Crippen molar-refractivity contribution in [2.24, 2.45) is 5.92 Å². The Labute approximate surface area is 131 Å². The smallest absolute Gasteiger partial charge is 0.225 e. The molecule has 122 valence electrons. The fourth-order valence-electron chi connectivity index (χ4n) is 3.37. The molecule has 2 aliphatic rings. The van der Waals surface area contributed by atoms with Crippen LogP contribution in [-0.2, 0) is 9.53 Å². The van der Waals surface area contributed by atoms with Crippen LogP contribution in [-0.4, -0.2) is 53.9 Å².